The number of benzene rings is 1. The smallest absolute Gasteiger partial charge is 0.220 e. The zero-order valence-corrected chi connectivity index (χ0v) is 16.6. The standard InChI is InChI=1S/C20H30N4OS/c1-21-18(25)14-16-8-12-24(13-9-16)19(22-2)23-15-20(10-11-20)26-17-6-4-3-5-7-17/h3-7,16H,8-15H2,1-2H3,(H,21,25)(H,22,23). The van der Waals surface area contributed by atoms with E-state index in [1.165, 1.54) is 17.7 Å². The van der Waals surface area contributed by atoms with Crippen LogP contribution in [0.4, 0.5) is 0 Å². The SMILES string of the molecule is CN=C(NCC1(Sc2ccccc2)CC1)N1CCC(CC(=O)NC)CC1. The lowest BCUT2D eigenvalue weighted by Crippen LogP contribution is -2.47. The Labute approximate surface area is 161 Å². The van der Waals surface area contributed by atoms with Gasteiger partial charge < -0.3 is 15.5 Å². The van der Waals surface area contributed by atoms with Gasteiger partial charge in [0, 0.05) is 49.8 Å². The second-order valence-electron chi connectivity index (χ2n) is 7.31. The molecule has 1 saturated heterocycles. The normalized spacial score (nSPS) is 19.9. The molecule has 2 fully saturated rings. The van der Waals surface area contributed by atoms with Gasteiger partial charge in [-0.05, 0) is 43.7 Å². The molecule has 6 heteroatoms. The van der Waals surface area contributed by atoms with Gasteiger partial charge in [0.25, 0.3) is 0 Å². The van der Waals surface area contributed by atoms with E-state index in [9.17, 15) is 4.79 Å². The molecule has 0 bridgehead atoms. The Hall–Kier alpha value is -1.69. The van der Waals surface area contributed by atoms with Crippen molar-refractivity contribution in [2.24, 2.45) is 10.9 Å². The van der Waals surface area contributed by atoms with Crippen molar-refractivity contribution in [3.05, 3.63) is 30.3 Å². The van der Waals surface area contributed by atoms with Crippen molar-refractivity contribution in [3.8, 4) is 0 Å². The first-order valence-corrected chi connectivity index (χ1v) is 10.4. The number of likely N-dealkylation sites (tertiary alicyclic amines) is 1. The Kier molecular flexibility index (Phi) is 6.46. The number of guanidine groups is 1. The Bertz CT molecular complexity index is 622. The highest BCUT2D eigenvalue weighted by atomic mass is 32.2. The lowest BCUT2D eigenvalue weighted by molar-refractivity contribution is -0.121. The number of rotatable bonds is 6. The minimum absolute atomic E-state index is 0.152. The molecule has 0 unspecified atom stereocenters. The highest BCUT2D eigenvalue weighted by molar-refractivity contribution is 8.01. The summed E-state index contributed by atoms with van der Waals surface area (Å²) in [4.78, 5) is 19.7. The summed E-state index contributed by atoms with van der Waals surface area (Å²) in [5.41, 5.74) is 0. The molecule has 1 heterocycles. The number of carbonyl (C=O) groups excluding carboxylic acids is 1. The van der Waals surface area contributed by atoms with Crippen molar-refractivity contribution in [1.29, 1.82) is 0 Å². The molecular weight excluding hydrogens is 344 g/mol. The molecule has 1 aliphatic heterocycles. The van der Waals surface area contributed by atoms with Crippen LogP contribution < -0.4 is 10.6 Å². The van der Waals surface area contributed by atoms with E-state index in [-0.39, 0.29) is 5.91 Å². The van der Waals surface area contributed by atoms with E-state index in [0.29, 0.717) is 17.1 Å². The minimum Gasteiger partial charge on any atom is -0.359 e. The van der Waals surface area contributed by atoms with E-state index < -0.39 is 0 Å². The van der Waals surface area contributed by atoms with Crippen LogP contribution in [0.15, 0.2) is 40.2 Å². The highest BCUT2D eigenvalue weighted by Gasteiger charge is 2.44. The summed E-state index contributed by atoms with van der Waals surface area (Å²) in [7, 11) is 3.58. The molecule has 1 aliphatic carbocycles. The average molecular weight is 375 g/mol. The number of hydrogen-bond donors (Lipinski definition) is 2. The van der Waals surface area contributed by atoms with Crippen LogP contribution in [0.2, 0.25) is 0 Å². The number of nitrogens with one attached hydrogen (secondary N) is 2. The molecule has 26 heavy (non-hydrogen) atoms. The molecule has 1 aromatic rings. The summed E-state index contributed by atoms with van der Waals surface area (Å²) in [6.45, 7) is 2.90. The van der Waals surface area contributed by atoms with Crippen LogP contribution >= 0.6 is 11.8 Å². The number of amides is 1. The van der Waals surface area contributed by atoms with Crippen molar-refractivity contribution in [2.75, 3.05) is 33.7 Å². The van der Waals surface area contributed by atoms with Crippen LogP contribution in [-0.4, -0.2) is 55.2 Å². The quantitative estimate of drug-likeness (QED) is 0.594. The Morgan fingerprint density at radius 1 is 1.27 bits per heavy atom. The van der Waals surface area contributed by atoms with Gasteiger partial charge in [0.1, 0.15) is 0 Å². The third kappa shape index (κ3) is 5.16. The first-order chi connectivity index (χ1) is 12.6. The molecule has 1 aromatic carbocycles. The summed E-state index contributed by atoms with van der Waals surface area (Å²) in [6.07, 6.45) is 5.26. The topological polar surface area (TPSA) is 56.7 Å². The minimum atomic E-state index is 0.152. The Morgan fingerprint density at radius 3 is 2.54 bits per heavy atom. The maximum Gasteiger partial charge on any atom is 0.220 e. The van der Waals surface area contributed by atoms with Crippen LogP contribution in [0.5, 0.6) is 0 Å². The molecule has 0 spiro atoms. The lowest BCUT2D eigenvalue weighted by Gasteiger charge is -2.34. The van der Waals surface area contributed by atoms with Crippen LogP contribution in [0.25, 0.3) is 0 Å². The summed E-state index contributed by atoms with van der Waals surface area (Å²) >= 11 is 1.99. The van der Waals surface area contributed by atoms with E-state index >= 15 is 0 Å². The number of aliphatic imine (C=N–C) groups is 1. The maximum absolute atomic E-state index is 11.6. The fourth-order valence-corrected chi connectivity index (χ4v) is 4.72. The van der Waals surface area contributed by atoms with Gasteiger partial charge in [-0.15, -0.1) is 11.8 Å². The number of piperidine rings is 1. The lowest BCUT2D eigenvalue weighted by atomic mass is 9.93. The molecule has 5 nitrogen and oxygen atoms in total. The van der Waals surface area contributed by atoms with Crippen LogP contribution in [-0.2, 0) is 4.79 Å². The molecule has 1 amide bonds. The van der Waals surface area contributed by atoms with Crippen LogP contribution in [0.1, 0.15) is 32.1 Å². The summed E-state index contributed by atoms with van der Waals surface area (Å²) < 4.78 is 0.314. The predicted octanol–water partition coefficient (Wildman–Crippen LogP) is 2.73. The third-order valence-corrected chi connectivity index (χ3v) is 6.83. The monoisotopic (exact) mass is 374 g/mol. The van der Waals surface area contributed by atoms with Gasteiger partial charge in [-0.2, -0.15) is 0 Å². The molecule has 2 N–H and O–H groups in total. The van der Waals surface area contributed by atoms with Crippen molar-refractivity contribution in [3.63, 3.8) is 0 Å². The Balaban J connectivity index is 1.46. The van der Waals surface area contributed by atoms with Gasteiger partial charge in [0.2, 0.25) is 5.91 Å². The van der Waals surface area contributed by atoms with E-state index in [2.05, 4.69) is 50.9 Å². The molecule has 0 aromatic heterocycles. The van der Waals surface area contributed by atoms with Crippen LogP contribution in [0.3, 0.4) is 0 Å². The van der Waals surface area contributed by atoms with Crippen molar-refractivity contribution in [2.45, 2.75) is 41.7 Å². The highest BCUT2D eigenvalue weighted by Crippen LogP contribution is 2.51. The molecule has 1 saturated carbocycles. The number of nitrogens with zero attached hydrogens (tertiary/aromatic N) is 2. The van der Waals surface area contributed by atoms with Gasteiger partial charge in [0.05, 0.1) is 0 Å². The molecule has 142 valence electrons. The van der Waals surface area contributed by atoms with E-state index in [1.807, 2.05) is 18.8 Å². The molecule has 3 rings (SSSR count). The summed E-state index contributed by atoms with van der Waals surface area (Å²) in [5, 5.41) is 6.33. The first-order valence-electron chi connectivity index (χ1n) is 9.54. The van der Waals surface area contributed by atoms with E-state index in [0.717, 1.165) is 38.4 Å². The summed E-state index contributed by atoms with van der Waals surface area (Å²) in [6, 6.07) is 10.7. The Morgan fingerprint density at radius 2 is 1.96 bits per heavy atom. The van der Waals surface area contributed by atoms with Crippen molar-refractivity contribution < 1.29 is 4.79 Å². The molecular formula is C20H30N4OS. The predicted molar refractivity (Wildman–Crippen MR) is 109 cm³/mol. The number of thioether (sulfide) groups is 1. The number of hydrogen-bond acceptors (Lipinski definition) is 3. The van der Waals surface area contributed by atoms with Crippen molar-refractivity contribution in [1.82, 2.24) is 15.5 Å². The van der Waals surface area contributed by atoms with Gasteiger partial charge >= 0.3 is 0 Å². The van der Waals surface area contributed by atoms with Gasteiger partial charge in [-0.3, -0.25) is 9.79 Å². The van der Waals surface area contributed by atoms with E-state index in [1.54, 1.807) is 7.05 Å². The molecule has 0 atom stereocenters. The zero-order chi connectivity index (χ0) is 18.4. The van der Waals surface area contributed by atoms with Gasteiger partial charge in [-0.25, -0.2) is 0 Å². The summed E-state index contributed by atoms with van der Waals surface area (Å²) in [5.74, 6) is 1.65. The maximum atomic E-state index is 11.6. The zero-order valence-electron chi connectivity index (χ0n) is 15.8. The second kappa shape index (κ2) is 8.80. The number of carbonyl (C=O) groups is 1. The van der Waals surface area contributed by atoms with Crippen molar-refractivity contribution >= 4 is 23.6 Å². The third-order valence-electron chi connectivity index (χ3n) is 5.33. The molecule has 2 aliphatic rings. The average Bonchev–Trinajstić information content (AvgIpc) is 3.43. The fraction of sp³-hybridized carbons (Fsp3) is 0.600. The van der Waals surface area contributed by atoms with Crippen LogP contribution in [0, 0.1) is 5.92 Å². The fourth-order valence-electron chi connectivity index (χ4n) is 3.48. The van der Waals surface area contributed by atoms with E-state index in [4.69, 9.17) is 0 Å². The van der Waals surface area contributed by atoms with Gasteiger partial charge in [0.15, 0.2) is 5.96 Å². The molecule has 0 radical (unpaired) electrons. The largest absolute Gasteiger partial charge is 0.359 e. The first kappa shape index (κ1) is 19.1. The second-order valence-corrected chi connectivity index (χ2v) is 8.85. The van der Waals surface area contributed by atoms with Gasteiger partial charge in [-0.1, -0.05) is 18.2 Å².